The van der Waals surface area contributed by atoms with Crippen LogP contribution in [-0.4, -0.2) is 50.4 Å². The van der Waals surface area contributed by atoms with E-state index in [0.717, 1.165) is 17.4 Å². The highest BCUT2D eigenvalue weighted by Crippen LogP contribution is 2.03. The average Bonchev–Trinajstić information content (AvgIpc) is 2.97. The third-order valence-corrected chi connectivity index (χ3v) is 3.45. The fourth-order valence-electron chi connectivity index (χ4n) is 2.10. The van der Waals surface area contributed by atoms with Crippen molar-refractivity contribution in [3.63, 3.8) is 0 Å². The molecule has 11 heteroatoms. The Morgan fingerprint density at radius 3 is 2.81 bits per heavy atom. The maximum atomic E-state index is 12.2. The maximum absolute atomic E-state index is 12.2. The molecule has 0 spiro atoms. The van der Waals surface area contributed by atoms with Crippen molar-refractivity contribution in [2.45, 2.75) is 26.3 Å². The SMILES string of the molecule is CCCCNC(=O)NC(=O)COC(=O)Cn1cnc2c(cnn2C)c1=O. The minimum Gasteiger partial charge on any atom is -0.454 e. The van der Waals surface area contributed by atoms with Crippen molar-refractivity contribution in [3.05, 3.63) is 22.9 Å². The molecule has 2 aromatic rings. The molecule has 2 heterocycles. The second kappa shape index (κ2) is 8.74. The van der Waals surface area contributed by atoms with E-state index in [-0.39, 0.29) is 5.39 Å². The number of urea groups is 1. The number of imide groups is 1. The van der Waals surface area contributed by atoms with Gasteiger partial charge in [0.2, 0.25) is 0 Å². The summed E-state index contributed by atoms with van der Waals surface area (Å²) in [7, 11) is 1.64. The van der Waals surface area contributed by atoms with Crippen LogP contribution < -0.4 is 16.2 Å². The Morgan fingerprint density at radius 1 is 1.31 bits per heavy atom. The predicted octanol–water partition coefficient (Wildman–Crippen LogP) is -0.701. The van der Waals surface area contributed by atoms with Crippen LogP contribution in [-0.2, 0) is 27.9 Å². The van der Waals surface area contributed by atoms with Crippen LogP contribution in [0.5, 0.6) is 0 Å². The number of aromatic nitrogens is 4. The summed E-state index contributed by atoms with van der Waals surface area (Å²) in [6, 6.07) is -0.651. The summed E-state index contributed by atoms with van der Waals surface area (Å²) in [5.74, 6) is -1.57. The van der Waals surface area contributed by atoms with Gasteiger partial charge in [0, 0.05) is 13.6 Å². The van der Waals surface area contributed by atoms with Gasteiger partial charge in [0.05, 0.1) is 6.20 Å². The van der Waals surface area contributed by atoms with Crippen molar-refractivity contribution >= 4 is 28.9 Å². The van der Waals surface area contributed by atoms with E-state index in [1.165, 1.54) is 17.2 Å². The van der Waals surface area contributed by atoms with Crippen LogP contribution >= 0.6 is 0 Å². The molecule has 0 saturated carbocycles. The molecule has 2 rings (SSSR count). The summed E-state index contributed by atoms with van der Waals surface area (Å²) in [5, 5.41) is 8.73. The number of carbonyl (C=O) groups excluding carboxylic acids is 3. The van der Waals surface area contributed by atoms with Crippen LogP contribution in [0.3, 0.4) is 0 Å². The molecular weight excluding hydrogens is 344 g/mol. The number of esters is 1. The topological polar surface area (TPSA) is 137 Å². The number of carbonyl (C=O) groups is 3. The highest BCUT2D eigenvalue weighted by atomic mass is 16.5. The lowest BCUT2D eigenvalue weighted by Gasteiger charge is -2.08. The molecule has 0 aromatic carbocycles. The Bertz CT molecular complexity index is 871. The van der Waals surface area contributed by atoms with Crippen LogP contribution in [0, 0.1) is 0 Å². The Hall–Kier alpha value is -3.24. The molecule has 2 N–H and O–H groups in total. The largest absolute Gasteiger partial charge is 0.454 e. The van der Waals surface area contributed by atoms with Gasteiger partial charge in [-0.1, -0.05) is 13.3 Å². The minimum atomic E-state index is -0.807. The van der Waals surface area contributed by atoms with Gasteiger partial charge < -0.3 is 10.1 Å². The zero-order chi connectivity index (χ0) is 19.1. The number of amides is 3. The van der Waals surface area contributed by atoms with Gasteiger partial charge in [-0.05, 0) is 6.42 Å². The molecule has 0 aliphatic rings. The first-order valence-corrected chi connectivity index (χ1v) is 8.02. The second-order valence-electron chi connectivity index (χ2n) is 5.50. The van der Waals surface area contributed by atoms with E-state index in [9.17, 15) is 19.2 Å². The Morgan fingerprint density at radius 2 is 2.08 bits per heavy atom. The molecule has 0 atom stereocenters. The number of nitrogens with one attached hydrogen (secondary N) is 2. The van der Waals surface area contributed by atoms with E-state index in [4.69, 9.17) is 4.74 Å². The van der Waals surface area contributed by atoms with Gasteiger partial charge in [-0.2, -0.15) is 5.10 Å². The monoisotopic (exact) mass is 364 g/mol. The number of hydrogen-bond donors (Lipinski definition) is 2. The zero-order valence-corrected chi connectivity index (χ0v) is 14.5. The summed E-state index contributed by atoms with van der Waals surface area (Å²) in [6.45, 7) is 1.38. The summed E-state index contributed by atoms with van der Waals surface area (Å²) in [4.78, 5) is 51.0. The van der Waals surface area contributed by atoms with Crippen molar-refractivity contribution < 1.29 is 19.1 Å². The van der Waals surface area contributed by atoms with E-state index in [1.807, 2.05) is 12.2 Å². The van der Waals surface area contributed by atoms with E-state index in [2.05, 4.69) is 15.4 Å². The third-order valence-electron chi connectivity index (χ3n) is 3.45. The van der Waals surface area contributed by atoms with Crippen molar-refractivity contribution in [1.29, 1.82) is 0 Å². The first-order chi connectivity index (χ1) is 12.4. The van der Waals surface area contributed by atoms with Gasteiger partial charge in [-0.15, -0.1) is 0 Å². The molecule has 2 aromatic heterocycles. The molecule has 0 saturated heterocycles. The standard InChI is InChI=1S/C15H20N6O5/c1-3-4-5-16-15(25)19-11(22)8-26-12(23)7-21-9-17-13-10(14(21)24)6-18-20(13)2/h6,9H,3-5,7-8H2,1-2H3,(H2,16,19,22,25). The van der Waals surface area contributed by atoms with Gasteiger partial charge in [-0.25, -0.2) is 9.78 Å². The average molecular weight is 364 g/mol. The Balaban J connectivity index is 1.83. The number of fused-ring (bicyclic) bond motifs is 1. The van der Waals surface area contributed by atoms with Crippen LogP contribution in [0.2, 0.25) is 0 Å². The van der Waals surface area contributed by atoms with Crippen LogP contribution in [0.15, 0.2) is 17.3 Å². The molecular formula is C15H20N6O5. The molecule has 0 fully saturated rings. The number of unbranched alkanes of at least 4 members (excludes halogenated alkanes) is 1. The molecule has 3 amide bonds. The van der Waals surface area contributed by atoms with E-state index >= 15 is 0 Å². The van der Waals surface area contributed by atoms with Gasteiger partial charge in [0.1, 0.15) is 18.3 Å². The van der Waals surface area contributed by atoms with Gasteiger partial charge in [0.15, 0.2) is 12.3 Å². The van der Waals surface area contributed by atoms with E-state index in [1.54, 1.807) is 7.05 Å². The molecule has 0 aliphatic carbocycles. The summed E-state index contributed by atoms with van der Waals surface area (Å²) >= 11 is 0. The molecule has 0 radical (unpaired) electrons. The quantitative estimate of drug-likeness (QED) is 0.489. The number of nitrogens with zero attached hydrogens (tertiary/aromatic N) is 4. The summed E-state index contributed by atoms with van der Waals surface area (Å²) in [6.07, 6.45) is 4.26. The lowest BCUT2D eigenvalue weighted by atomic mass is 10.3. The van der Waals surface area contributed by atoms with Crippen LogP contribution in [0.1, 0.15) is 19.8 Å². The smallest absolute Gasteiger partial charge is 0.326 e. The van der Waals surface area contributed by atoms with E-state index < -0.39 is 36.6 Å². The van der Waals surface area contributed by atoms with E-state index in [0.29, 0.717) is 12.2 Å². The van der Waals surface area contributed by atoms with Crippen molar-refractivity contribution in [1.82, 2.24) is 30.0 Å². The zero-order valence-electron chi connectivity index (χ0n) is 14.5. The molecule has 11 nitrogen and oxygen atoms in total. The highest BCUT2D eigenvalue weighted by Gasteiger charge is 2.14. The van der Waals surface area contributed by atoms with Crippen LogP contribution in [0.4, 0.5) is 4.79 Å². The molecule has 26 heavy (non-hydrogen) atoms. The Kier molecular flexibility index (Phi) is 6.42. The lowest BCUT2D eigenvalue weighted by molar-refractivity contribution is -0.148. The predicted molar refractivity (Wildman–Crippen MR) is 90.2 cm³/mol. The summed E-state index contributed by atoms with van der Waals surface area (Å²) < 4.78 is 7.26. The third kappa shape index (κ3) is 4.88. The first-order valence-electron chi connectivity index (χ1n) is 8.02. The number of hydrogen-bond acceptors (Lipinski definition) is 7. The van der Waals surface area contributed by atoms with Gasteiger partial charge in [0.25, 0.3) is 11.5 Å². The van der Waals surface area contributed by atoms with Gasteiger partial charge in [-0.3, -0.25) is 28.9 Å². The minimum absolute atomic E-state index is 0.268. The lowest BCUT2D eigenvalue weighted by Crippen LogP contribution is -2.42. The number of aryl methyl sites for hydroxylation is 1. The van der Waals surface area contributed by atoms with Crippen molar-refractivity contribution in [2.24, 2.45) is 7.05 Å². The fraction of sp³-hybridized carbons (Fsp3) is 0.467. The van der Waals surface area contributed by atoms with Crippen LogP contribution in [0.25, 0.3) is 11.0 Å². The number of ether oxygens (including phenoxy) is 1. The fourth-order valence-corrected chi connectivity index (χ4v) is 2.10. The molecule has 140 valence electrons. The van der Waals surface area contributed by atoms with Crippen molar-refractivity contribution in [2.75, 3.05) is 13.2 Å². The summed E-state index contributed by atoms with van der Waals surface area (Å²) in [5.41, 5.74) is -0.0483. The molecule has 0 aliphatic heterocycles. The Labute approximate surface area is 148 Å². The number of rotatable bonds is 7. The van der Waals surface area contributed by atoms with Crippen molar-refractivity contribution in [3.8, 4) is 0 Å². The molecule has 0 bridgehead atoms. The maximum Gasteiger partial charge on any atom is 0.326 e. The second-order valence-corrected chi connectivity index (χ2v) is 5.50. The normalized spacial score (nSPS) is 10.5. The van der Waals surface area contributed by atoms with Gasteiger partial charge >= 0.3 is 12.0 Å². The highest BCUT2D eigenvalue weighted by molar-refractivity contribution is 5.95. The first kappa shape index (κ1) is 19.1. The molecule has 0 unspecified atom stereocenters.